The Bertz CT molecular complexity index is 335. The van der Waals surface area contributed by atoms with E-state index in [2.05, 4.69) is 53.4 Å². The molecule has 0 saturated carbocycles. The summed E-state index contributed by atoms with van der Waals surface area (Å²) in [6.07, 6.45) is 3.43. The lowest BCUT2D eigenvalue weighted by atomic mass is 10.0. The van der Waals surface area contributed by atoms with E-state index in [0.717, 1.165) is 18.2 Å². The highest BCUT2D eigenvalue weighted by atomic mass is 15.2. The first-order chi connectivity index (χ1) is 7.45. The number of rotatable bonds is 5. The summed E-state index contributed by atoms with van der Waals surface area (Å²) in [6, 6.07) is 0. The Morgan fingerprint density at radius 2 is 1.88 bits per heavy atom. The van der Waals surface area contributed by atoms with E-state index in [4.69, 9.17) is 0 Å². The van der Waals surface area contributed by atoms with E-state index < -0.39 is 0 Å². The molecule has 0 bridgehead atoms. The SMILES string of the molecule is CNc1cncc(NCC(C)(C)N(C)C)n1. The van der Waals surface area contributed by atoms with Gasteiger partial charge in [-0.3, -0.25) is 4.98 Å². The van der Waals surface area contributed by atoms with Crippen molar-refractivity contribution >= 4 is 11.6 Å². The van der Waals surface area contributed by atoms with Crippen LogP contribution in [0.5, 0.6) is 0 Å². The number of aromatic nitrogens is 2. The molecule has 1 aromatic rings. The van der Waals surface area contributed by atoms with E-state index in [-0.39, 0.29) is 5.54 Å². The Kier molecular flexibility index (Phi) is 4.06. The molecule has 0 unspecified atom stereocenters. The standard InChI is InChI=1S/C11H21N5/c1-11(2,16(4)5)8-14-10-7-13-6-9(12-3)15-10/h6-7H,8H2,1-5H3,(H2,12,14,15). The van der Waals surface area contributed by atoms with Gasteiger partial charge in [-0.15, -0.1) is 0 Å². The fourth-order valence-corrected chi connectivity index (χ4v) is 1.04. The number of hydrogen-bond acceptors (Lipinski definition) is 5. The second-order valence-corrected chi connectivity index (χ2v) is 4.60. The summed E-state index contributed by atoms with van der Waals surface area (Å²) in [5.41, 5.74) is 0.0807. The van der Waals surface area contributed by atoms with Gasteiger partial charge in [-0.1, -0.05) is 0 Å². The highest BCUT2D eigenvalue weighted by Crippen LogP contribution is 2.12. The lowest BCUT2D eigenvalue weighted by Crippen LogP contribution is -2.44. The van der Waals surface area contributed by atoms with Crippen molar-refractivity contribution in [2.75, 3.05) is 38.3 Å². The van der Waals surface area contributed by atoms with Crippen molar-refractivity contribution in [3.63, 3.8) is 0 Å². The van der Waals surface area contributed by atoms with E-state index in [0.29, 0.717) is 0 Å². The zero-order valence-corrected chi connectivity index (χ0v) is 10.7. The molecule has 0 aliphatic carbocycles. The molecule has 16 heavy (non-hydrogen) atoms. The molecule has 1 heterocycles. The van der Waals surface area contributed by atoms with Crippen molar-refractivity contribution in [1.29, 1.82) is 0 Å². The molecule has 0 aromatic carbocycles. The monoisotopic (exact) mass is 223 g/mol. The van der Waals surface area contributed by atoms with Crippen LogP contribution in [-0.4, -0.2) is 48.1 Å². The fraction of sp³-hybridized carbons (Fsp3) is 0.636. The average Bonchev–Trinajstić information content (AvgIpc) is 2.26. The predicted molar refractivity (Wildman–Crippen MR) is 67.8 cm³/mol. The minimum absolute atomic E-state index is 0.0807. The Hall–Kier alpha value is -1.36. The van der Waals surface area contributed by atoms with Crippen molar-refractivity contribution in [2.24, 2.45) is 0 Å². The van der Waals surface area contributed by atoms with Gasteiger partial charge in [-0.2, -0.15) is 0 Å². The van der Waals surface area contributed by atoms with Gasteiger partial charge in [-0.05, 0) is 27.9 Å². The van der Waals surface area contributed by atoms with E-state index in [1.807, 2.05) is 7.05 Å². The Morgan fingerprint density at radius 1 is 1.25 bits per heavy atom. The van der Waals surface area contributed by atoms with Crippen LogP contribution in [0.3, 0.4) is 0 Å². The van der Waals surface area contributed by atoms with E-state index in [1.165, 1.54) is 0 Å². The highest BCUT2D eigenvalue weighted by molar-refractivity contribution is 5.41. The Labute approximate surface area is 97.3 Å². The third-order valence-corrected chi connectivity index (χ3v) is 2.80. The molecule has 0 amide bonds. The van der Waals surface area contributed by atoms with Crippen molar-refractivity contribution in [1.82, 2.24) is 14.9 Å². The summed E-state index contributed by atoms with van der Waals surface area (Å²) in [5, 5.41) is 6.25. The normalized spacial score (nSPS) is 11.6. The van der Waals surface area contributed by atoms with Gasteiger partial charge in [-0.25, -0.2) is 4.98 Å². The zero-order valence-electron chi connectivity index (χ0n) is 10.7. The quantitative estimate of drug-likeness (QED) is 0.787. The minimum atomic E-state index is 0.0807. The third kappa shape index (κ3) is 3.34. The Balaban J connectivity index is 2.60. The number of likely N-dealkylation sites (N-methyl/N-ethyl adjacent to an activating group) is 1. The summed E-state index contributed by atoms with van der Waals surface area (Å²) in [7, 11) is 5.96. The molecule has 1 rings (SSSR count). The second kappa shape index (κ2) is 5.12. The molecule has 0 fully saturated rings. The van der Waals surface area contributed by atoms with E-state index in [9.17, 15) is 0 Å². The number of nitrogens with one attached hydrogen (secondary N) is 2. The maximum absolute atomic E-state index is 4.35. The maximum atomic E-state index is 4.35. The maximum Gasteiger partial charge on any atom is 0.147 e. The van der Waals surface area contributed by atoms with Gasteiger partial charge in [0.2, 0.25) is 0 Å². The molecule has 1 aromatic heterocycles. The smallest absolute Gasteiger partial charge is 0.147 e. The van der Waals surface area contributed by atoms with Gasteiger partial charge in [0.1, 0.15) is 11.6 Å². The van der Waals surface area contributed by atoms with E-state index in [1.54, 1.807) is 12.4 Å². The van der Waals surface area contributed by atoms with Crippen molar-refractivity contribution in [3.8, 4) is 0 Å². The highest BCUT2D eigenvalue weighted by Gasteiger charge is 2.19. The predicted octanol–water partition coefficient (Wildman–Crippen LogP) is 1.27. The lowest BCUT2D eigenvalue weighted by Gasteiger charge is -2.32. The molecule has 0 atom stereocenters. The molecule has 0 saturated heterocycles. The average molecular weight is 223 g/mol. The summed E-state index contributed by atoms with van der Waals surface area (Å²) >= 11 is 0. The lowest BCUT2D eigenvalue weighted by molar-refractivity contribution is 0.210. The Morgan fingerprint density at radius 3 is 2.44 bits per heavy atom. The molecule has 5 heteroatoms. The van der Waals surface area contributed by atoms with E-state index >= 15 is 0 Å². The minimum Gasteiger partial charge on any atom is -0.372 e. The van der Waals surface area contributed by atoms with Gasteiger partial charge < -0.3 is 15.5 Å². The molecule has 0 aliphatic rings. The first-order valence-electron chi connectivity index (χ1n) is 5.37. The topological polar surface area (TPSA) is 53.1 Å². The molecule has 0 spiro atoms. The second-order valence-electron chi connectivity index (χ2n) is 4.60. The summed E-state index contributed by atoms with van der Waals surface area (Å²) in [6.45, 7) is 5.17. The van der Waals surface area contributed by atoms with Crippen LogP contribution in [0.4, 0.5) is 11.6 Å². The summed E-state index contributed by atoms with van der Waals surface area (Å²) < 4.78 is 0. The first-order valence-corrected chi connectivity index (χ1v) is 5.37. The third-order valence-electron chi connectivity index (χ3n) is 2.80. The van der Waals surface area contributed by atoms with Crippen LogP contribution in [0, 0.1) is 0 Å². The van der Waals surface area contributed by atoms with Gasteiger partial charge in [0, 0.05) is 19.1 Å². The van der Waals surface area contributed by atoms with Crippen LogP contribution in [0.2, 0.25) is 0 Å². The van der Waals surface area contributed by atoms with Crippen LogP contribution < -0.4 is 10.6 Å². The summed E-state index contributed by atoms with van der Waals surface area (Å²) in [4.78, 5) is 10.6. The number of nitrogens with zero attached hydrogens (tertiary/aromatic N) is 3. The van der Waals surface area contributed by atoms with Crippen molar-refractivity contribution in [3.05, 3.63) is 12.4 Å². The zero-order chi connectivity index (χ0) is 12.2. The molecule has 2 N–H and O–H groups in total. The van der Waals surface area contributed by atoms with Gasteiger partial charge in [0.25, 0.3) is 0 Å². The molecule has 0 radical (unpaired) electrons. The summed E-state index contributed by atoms with van der Waals surface area (Å²) in [5.74, 6) is 1.56. The fourth-order valence-electron chi connectivity index (χ4n) is 1.04. The van der Waals surface area contributed by atoms with Crippen LogP contribution in [0.15, 0.2) is 12.4 Å². The van der Waals surface area contributed by atoms with Crippen LogP contribution in [0.1, 0.15) is 13.8 Å². The molecular formula is C11H21N5. The van der Waals surface area contributed by atoms with Gasteiger partial charge in [0.05, 0.1) is 12.4 Å². The molecule has 90 valence electrons. The molecule has 5 nitrogen and oxygen atoms in total. The largest absolute Gasteiger partial charge is 0.372 e. The van der Waals surface area contributed by atoms with Crippen LogP contribution in [-0.2, 0) is 0 Å². The van der Waals surface area contributed by atoms with Crippen molar-refractivity contribution < 1.29 is 0 Å². The van der Waals surface area contributed by atoms with Crippen molar-refractivity contribution in [2.45, 2.75) is 19.4 Å². The molecular weight excluding hydrogens is 202 g/mol. The first kappa shape index (κ1) is 12.7. The van der Waals surface area contributed by atoms with Crippen LogP contribution >= 0.6 is 0 Å². The van der Waals surface area contributed by atoms with Gasteiger partial charge in [0.15, 0.2) is 0 Å². The molecule has 0 aliphatic heterocycles. The van der Waals surface area contributed by atoms with Gasteiger partial charge >= 0.3 is 0 Å². The van der Waals surface area contributed by atoms with Crippen LogP contribution in [0.25, 0.3) is 0 Å². The number of hydrogen-bond donors (Lipinski definition) is 2. The number of anilines is 2.